The van der Waals surface area contributed by atoms with Crippen LogP contribution in [0.5, 0.6) is 0 Å². The van der Waals surface area contributed by atoms with E-state index in [-0.39, 0.29) is 0 Å². The maximum absolute atomic E-state index is 11.8. The van der Waals surface area contributed by atoms with Gasteiger partial charge in [-0.05, 0) is 42.5 Å². The number of carbonyl (C=O) groups excluding carboxylic acids is 1. The molecule has 0 N–H and O–H groups in total. The van der Waals surface area contributed by atoms with Crippen LogP contribution in [0.15, 0.2) is 46.9 Å². The fourth-order valence-electron chi connectivity index (χ4n) is 1.69. The third-order valence-corrected chi connectivity index (χ3v) is 3.31. The normalized spacial score (nSPS) is 9.19. The molecule has 0 amide bonds. The molecule has 0 bridgehead atoms. The number of hydrogen-bond acceptors (Lipinski definition) is 2. The van der Waals surface area contributed by atoms with Gasteiger partial charge >= 0.3 is 5.97 Å². The number of methoxy groups -OCH3 is 1. The second-order valence-corrected chi connectivity index (χ2v) is 5.07. The molecule has 0 fully saturated rings. The van der Waals surface area contributed by atoms with Crippen LogP contribution in [-0.2, 0) is 4.74 Å². The maximum atomic E-state index is 11.8. The highest BCUT2D eigenvalue weighted by Crippen LogP contribution is 2.13. The SMILES string of the molecule is C#Cc1ccc(C#Cc2ccc(Br)cc2)c(C(=O)OC)c1. The number of hydrogen-bond donors (Lipinski definition) is 0. The first-order valence-electron chi connectivity index (χ1n) is 6.10. The number of benzene rings is 2. The van der Waals surface area contributed by atoms with E-state index in [1.165, 1.54) is 7.11 Å². The molecule has 102 valence electrons. The molecule has 21 heavy (non-hydrogen) atoms. The lowest BCUT2D eigenvalue weighted by Gasteiger charge is -2.03. The van der Waals surface area contributed by atoms with Crippen molar-refractivity contribution in [3.05, 3.63) is 69.2 Å². The summed E-state index contributed by atoms with van der Waals surface area (Å²) in [5, 5.41) is 0. The minimum atomic E-state index is -0.452. The first kappa shape index (κ1) is 14.9. The molecule has 0 aliphatic heterocycles. The number of esters is 1. The van der Waals surface area contributed by atoms with E-state index in [2.05, 4.69) is 33.7 Å². The smallest absolute Gasteiger partial charge is 0.339 e. The van der Waals surface area contributed by atoms with Gasteiger partial charge in [-0.3, -0.25) is 0 Å². The van der Waals surface area contributed by atoms with Gasteiger partial charge < -0.3 is 4.74 Å². The molecule has 0 radical (unpaired) electrons. The molecule has 0 unspecified atom stereocenters. The predicted octanol–water partition coefficient (Wildman–Crippen LogP) is 3.62. The van der Waals surface area contributed by atoms with Crippen LogP contribution in [0.2, 0.25) is 0 Å². The van der Waals surface area contributed by atoms with E-state index < -0.39 is 5.97 Å². The highest BCUT2D eigenvalue weighted by atomic mass is 79.9. The van der Waals surface area contributed by atoms with Gasteiger partial charge in [-0.1, -0.05) is 33.7 Å². The molecule has 0 saturated carbocycles. The van der Waals surface area contributed by atoms with Gasteiger partial charge in [0.05, 0.1) is 12.7 Å². The van der Waals surface area contributed by atoms with Crippen molar-refractivity contribution in [2.75, 3.05) is 7.11 Å². The summed E-state index contributed by atoms with van der Waals surface area (Å²) in [7, 11) is 1.33. The van der Waals surface area contributed by atoms with E-state index in [4.69, 9.17) is 11.2 Å². The maximum Gasteiger partial charge on any atom is 0.339 e. The van der Waals surface area contributed by atoms with E-state index in [1.54, 1.807) is 18.2 Å². The summed E-state index contributed by atoms with van der Waals surface area (Å²) in [5.41, 5.74) is 2.43. The molecule has 3 heteroatoms. The van der Waals surface area contributed by atoms with Gasteiger partial charge in [0.25, 0.3) is 0 Å². The Morgan fingerprint density at radius 3 is 2.38 bits per heavy atom. The van der Waals surface area contributed by atoms with Gasteiger partial charge in [0.15, 0.2) is 0 Å². The minimum absolute atomic E-state index is 0.373. The lowest BCUT2D eigenvalue weighted by atomic mass is 10.0. The summed E-state index contributed by atoms with van der Waals surface area (Å²) in [6.45, 7) is 0. The summed E-state index contributed by atoms with van der Waals surface area (Å²) < 4.78 is 5.75. The Hall–Kier alpha value is -2.49. The average Bonchev–Trinajstić information content (AvgIpc) is 2.53. The molecule has 0 atom stereocenters. The summed E-state index contributed by atoms with van der Waals surface area (Å²) in [6, 6.07) is 12.7. The van der Waals surface area contributed by atoms with E-state index in [9.17, 15) is 4.79 Å². The van der Waals surface area contributed by atoms with Crippen LogP contribution < -0.4 is 0 Å². The molecule has 2 rings (SSSR count). The average molecular weight is 339 g/mol. The fraction of sp³-hybridized carbons (Fsp3) is 0.0556. The highest BCUT2D eigenvalue weighted by molar-refractivity contribution is 9.10. The lowest BCUT2D eigenvalue weighted by molar-refractivity contribution is 0.0600. The Morgan fingerprint density at radius 2 is 1.76 bits per heavy atom. The van der Waals surface area contributed by atoms with Crippen LogP contribution in [0.25, 0.3) is 0 Å². The van der Waals surface area contributed by atoms with Crippen LogP contribution in [0, 0.1) is 24.2 Å². The summed E-state index contributed by atoms with van der Waals surface area (Å²) >= 11 is 3.37. The Morgan fingerprint density at radius 1 is 1.10 bits per heavy atom. The van der Waals surface area contributed by atoms with Crippen molar-refractivity contribution in [2.45, 2.75) is 0 Å². The zero-order valence-electron chi connectivity index (χ0n) is 11.3. The topological polar surface area (TPSA) is 26.3 Å². The van der Waals surface area contributed by atoms with Gasteiger partial charge in [0, 0.05) is 21.2 Å². The number of carbonyl (C=O) groups is 1. The third-order valence-electron chi connectivity index (χ3n) is 2.78. The predicted molar refractivity (Wildman–Crippen MR) is 85.8 cm³/mol. The van der Waals surface area contributed by atoms with Gasteiger partial charge in [-0.25, -0.2) is 4.79 Å². The van der Waals surface area contributed by atoms with Crippen molar-refractivity contribution in [3.63, 3.8) is 0 Å². The minimum Gasteiger partial charge on any atom is -0.465 e. The molecule has 0 heterocycles. The Balaban J connectivity index is 2.43. The van der Waals surface area contributed by atoms with Crippen LogP contribution in [0.1, 0.15) is 27.0 Å². The number of ether oxygens (including phenoxy) is 1. The lowest BCUT2D eigenvalue weighted by Crippen LogP contribution is -2.04. The molecule has 0 aliphatic rings. The monoisotopic (exact) mass is 338 g/mol. The van der Waals surface area contributed by atoms with E-state index in [0.29, 0.717) is 16.7 Å². The van der Waals surface area contributed by atoms with Crippen molar-refractivity contribution in [1.82, 2.24) is 0 Å². The fourth-order valence-corrected chi connectivity index (χ4v) is 1.96. The van der Waals surface area contributed by atoms with Crippen LogP contribution in [-0.4, -0.2) is 13.1 Å². The second-order valence-electron chi connectivity index (χ2n) is 4.15. The molecule has 0 saturated heterocycles. The summed E-state index contributed by atoms with van der Waals surface area (Å²) in [6.07, 6.45) is 5.35. The van der Waals surface area contributed by atoms with Crippen molar-refractivity contribution >= 4 is 21.9 Å². The quantitative estimate of drug-likeness (QED) is 0.586. The number of halogens is 1. The first-order chi connectivity index (χ1) is 10.1. The Labute approximate surface area is 132 Å². The van der Waals surface area contributed by atoms with E-state index >= 15 is 0 Å². The summed E-state index contributed by atoms with van der Waals surface area (Å²) in [4.78, 5) is 11.8. The molecule has 2 nitrogen and oxygen atoms in total. The standard InChI is InChI=1S/C18H11BrO2/c1-3-13-4-8-15(17(12-13)18(20)21-2)9-5-14-6-10-16(19)11-7-14/h1,4,6-8,10-12H,2H3. The van der Waals surface area contributed by atoms with Crippen molar-refractivity contribution < 1.29 is 9.53 Å². The largest absolute Gasteiger partial charge is 0.465 e. The number of rotatable bonds is 1. The molecule has 0 aliphatic carbocycles. The van der Waals surface area contributed by atoms with Gasteiger partial charge in [-0.15, -0.1) is 6.42 Å². The molecule has 2 aromatic rings. The highest BCUT2D eigenvalue weighted by Gasteiger charge is 2.10. The molecular formula is C18H11BrO2. The molecular weight excluding hydrogens is 328 g/mol. The van der Waals surface area contributed by atoms with Crippen molar-refractivity contribution in [2.24, 2.45) is 0 Å². The molecule has 2 aromatic carbocycles. The zero-order chi connectivity index (χ0) is 15.2. The third kappa shape index (κ3) is 3.75. The van der Waals surface area contributed by atoms with Crippen LogP contribution in [0.3, 0.4) is 0 Å². The van der Waals surface area contributed by atoms with E-state index in [1.807, 2.05) is 24.3 Å². The van der Waals surface area contributed by atoms with E-state index in [0.717, 1.165) is 10.0 Å². The summed E-state index contributed by atoms with van der Waals surface area (Å²) in [5.74, 6) is 8.04. The Bertz CT molecular complexity index is 772. The zero-order valence-corrected chi connectivity index (χ0v) is 12.9. The van der Waals surface area contributed by atoms with Gasteiger partial charge in [-0.2, -0.15) is 0 Å². The van der Waals surface area contributed by atoms with Gasteiger partial charge in [0.2, 0.25) is 0 Å². The van der Waals surface area contributed by atoms with Crippen LogP contribution in [0.4, 0.5) is 0 Å². The van der Waals surface area contributed by atoms with Crippen LogP contribution >= 0.6 is 15.9 Å². The second kappa shape index (κ2) is 6.79. The van der Waals surface area contributed by atoms with Crippen molar-refractivity contribution in [1.29, 1.82) is 0 Å². The molecule has 0 spiro atoms. The Kier molecular flexibility index (Phi) is 4.82. The number of terminal acetylenes is 1. The molecule has 0 aromatic heterocycles. The van der Waals surface area contributed by atoms with Crippen molar-refractivity contribution in [3.8, 4) is 24.2 Å². The van der Waals surface area contributed by atoms with Gasteiger partial charge in [0.1, 0.15) is 0 Å². The first-order valence-corrected chi connectivity index (χ1v) is 6.90.